The zero-order valence-corrected chi connectivity index (χ0v) is 16.3. The van der Waals surface area contributed by atoms with Gasteiger partial charge in [-0.1, -0.05) is 36.4 Å². The number of benzene rings is 2. The fourth-order valence-electron chi connectivity index (χ4n) is 3.12. The summed E-state index contributed by atoms with van der Waals surface area (Å²) < 4.78 is 17.9. The van der Waals surface area contributed by atoms with Gasteiger partial charge in [0, 0.05) is 5.56 Å². The predicted octanol–water partition coefficient (Wildman–Crippen LogP) is 3.60. The van der Waals surface area contributed by atoms with E-state index in [0.717, 1.165) is 21.9 Å². The van der Waals surface area contributed by atoms with Crippen LogP contribution in [0.5, 0.6) is 5.88 Å². The maximum Gasteiger partial charge on any atom is 0.494 e. The molecule has 0 amide bonds. The van der Waals surface area contributed by atoms with E-state index in [1.807, 2.05) is 76.2 Å². The molecule has 0 atom stereocenters. The molecule has 5 nitrogen and oxygen atoms in total. The minimum atomic E-state index is -0.430. The summed E-state index contributed by atoms with van der Waals surface area (Å²) in [6.07, 6.45) is 0. The van der Waals surface area contributed by atoms with Crippen LogP contribution in [0.4, 0.5) is 0 Å². The van der Waals surface area contributed by atoms with Gasteiger partial charge in [0.2, 0.25) is 5.88 Å². The average molecular weight is 362 g/mol. The van der Waals surface area contributed by atoms with Gasteiger partial charge in [0.05, 0.1) is 29.2 Å². The second kappa shape index (κ2) is 6.32. The second-order valence-corrected chi connectivity index (χ2v) is 7.79. The minimum absolute atomic E-state index is 0.384. The van der Waals surface area contributed by atoms with Crippen LogP contribution in [-0.4, -0.2) is 35.4 Å². The van der Waals surface area contributed by atoms with Gasteiger partial charge < -0.3 is 14.0 Å². The van der Waals surface area contributed by atoms with Crippen molar-refractivity contribution in [2.45, 2.75) is 38.9 Å². The first-order valence-corrected chi connectivity index (χ1v) is 9.07. The molecule has 0 radical (unpaired) electrons. The topological polar surface area (TPSA) is 53.5 Å². The summed E-state index contributed by atoms with van der Waals surface area (Å²) in [4.78, 5) is 9.32. The molecule has 0 bridgehead atoms. The molecule has 1 saturated heterocycles. The molecule has 3 aromatic rings. The van der Waals surface area contributed by atoms with Crippen LogP contribution in [0.25, 0.3) is 22.3 Å². The van der Waals surface area contributed by atoms with Gasteiger partial charge in [0.15, 0.2) is 5.82 Å². The standard InChI is InChI=1S/C21H23BN2O3/c1-20(2)21(3,4)27-22(26-20)15-11-12-16-17(13-15)23-18(24-19(16)25-5)14-9-7-6-8-10-14/h6-13H,1-5H3. The molecule has 2 aromatic carbocycles. The maximum atomic E-state index is 6.17. The van der Waals surface area contributed by atoms with E-state index in [1.54, 1.807) is 7.11 Å². The number of rotatable bonds is 3. The first-order valence-electron chi connectivity index (χ1n) is 9.07. The van der Waals surface area contributed by atoms with E-state index in [1.165, 1.54) is 0 Å². The number of ether oxygens (including phenoxy) is 1. The van der Waals surface area contributed by atoms with E-state index in [2.05, 4.69) is 4.98 Å². The van der Waals surface area contributed by atoms with Crippen LogP contribution in [0.3, 0.4) is 0 Å². The van der Waals surface area contributed by atoms with E-state index >= 15 is 0 Å². The van der Waals surface area contributed by atoms with Crippen LogP contribution in [0.1, 0.15) is 27.7 Å². The van der Waals surface area contributed by atoms with Gasteiger partial charge in [-0.25, -0.2) is 4.98 Å². The maximum absolute atomic E-state index is 6.17. The SMILES string of the molecule is COc1nc(-c2ccccc2)nc2cc(B3OC(C)(C)C(C)(C)O3)ccc12. The summed E-state index contributed by atoms with van der Waals surface area (Å²) in [6.45, 7) is 8.19. The number of nitrogens with zero attached hydrogens (tertiary/aromatic N) is 2. The van der Waals surface area contributed by atoms with E-state index in [0.29, 0.717) is 11.7 Å². The van der Waals surface area contributed by atoms with Crippen LogP contribution in [-0.2, 0) is 9.31 Å². The number of methoxy groups -OCH3 is 1. The lowest BCUT2D eigenvalue weighted by Gasteiger charge is -2.32. The molecule has 0 spiro atoms. The predicted molar refractivity (Wildman–Crippen MR) is 107 cm³/mol. The average Bonchev–Trinajstić information content (AvgIpc) is 2.88. The first-order chi connectivity index (χ1) is 12.8. The summed E-state index contributed by atoms with van der Waals surface area (Å²) in [7, 11) is 1.19. The summed E-state index contributed by atoms with van der Waals surface area (Å²) >= 11 is 0. The van der Waals surface area contributed by atoms with Gasteiger partial charge in [-0.15, -0.1) is 0 Å². The first kappa shape index (κ1) is 18.0. The Balaban J connectivity index is 1.80. The highest BCUT2D eigenvalue weighted by molar-refractivity contribution is 6.62. The second-order valence-electron chi connectivity index (χ2n) is 7.79. The molecule has 0 aliphatic carbocycles. The summed E-state index contributed by atoms with van der Waals surface area (Å²) in [6, 6.07) is 15.8. The monoisotopic (exact) mass is 362 g/mol. The van der Waals surface area contributed by atoms with Gasteiger partial charge in [-0.05, 0) is 45.3 Å². The summed E-state index contributed by atoms with van der Waals surface area (Å²) in [5.41, 5.74) is 1.91. The highest BCUT2D eigenvalue weighted by Crippen LogP contribution is 2.36. The molecule has 1 fully saturated rings. The van der Waals surface area contributed by atoms with Crippen LogP contribution >= 0.6 is 0 Å². The van der Waals surface area contributed by atoms with Crippen molar-refractivity contribution in [1.82, 2.24) is 9.97 Å². The van der Waals surface area contributed by atoms with Crippen molar-refractivity contribution < 1.29 is 14.0 Å². The zero-order chi connectivity index (χ0) is 19.2. The lowest BCUT2D eigenvalue weighted by molar-refractivity contribution is 0.00578. The van der Waals surface area contributed by atoms with E-state index in [4.69, 9.17) is 19.0 Å². The van der Waals surface area contributed by atoms with Crippen LogP contribution in [0.15, 0.2) is 48.5 Å². The smallest absolute Gasteiger partial charge is 0.480 e. The van der Waals surface area contributed by atoms with Crippen LogP contribution < -0.4 is 10.2 Å². The van der Waals surface area contributed by atoms with Gasteiger partial charge in [0.25, 0.3) is 0 Å². The Morgan fingerprint density at radius 2 is 1.56 bits per heavy atom. The Bertz CT molecular complexity index is 973. The normalized spacial score (nSPS) is 18.0. The van der Waals surface area contributed by atoms with Gasteiger partial charge in [-0.3, -0.25) is 0 Å². The Labute approximate surface area is 159 Å². The van der Waals surface area contributed by atoms with Gasteiger partial charge in [0.1, 0.15) is 0 Å². The van der Waals surface area contributed by atoms with Crippen molar-refractivity contribution in [3.8, 4) is 17.3 Å². The molecule has 1 aromatic heterocycles. The number of hydrogen-bond donors (Lipinski definition) is 0. The molecule has 0 saturated carbocycles. The molecule has 1 aliphatic rings. The van der Waals surface area contributed by atoms with Crippen molar-refractivity contribution in [2.75, 3.05) is 7.11 Å². The highest BCUT2D eigenvalue weighted by Gasteiger charge is 2.51. The quantitative estimate of drug-likeness (QED) is 0.667. The number of fused-ring (bicyclic) bond motifs is 1. The van der Waals surface area contributed by atoms with Crippen molar-refractivity contribution in [1.29, 1.82) is 0 Å². The van der Waals surface area contributed by atoms with Crippen molar-refractivity contribution in [2.24, 2.45) is 0 Å². The molecule has 0 N–H and O–H groups in total. The molecule has 1 aliphatic heterocycles. The Morgan fingerprint density at radius 1 is 0.889 bits per heavy atom. The Kier molecular flexibility index (Phi) is 4.20. The third-order valence-electron chi connectivity index (χ3n) is 5.44. The van der Waals surface area contributed by atoms with Gasteiger partial charge in [-0.2, -0.15) is 4.98 Å². The number of aromatic nitrogens is 2. The zero-order valence-electron chi connectivity index (χ0n) is 16.3. The molecular weight excluding hydrogens is 339 g/mol. The van der Waals surface area contributed by atoms with Crippen LogP contribution in [0.2, 0.25) is 0 Å². The van der Waals surface area contributed by atoms with E-state index in [-0.39, 0.29) is 11.2 Å². The van der Waals surface area contributed by atoms with Gasteiger partial charge >= 0.3 is 7.12 Å². The lowest BCUT2D eigenvalue weighted by atomic mass is 9.79. The molecule has 6 heteroatoms. The Morgan fingerprint density at radius 3 is 2.19 bits per heavy atom. The molecule has 2 heterocycles. The minimum Gasteiger partial charge on any atom is -0.480 e. The third kappa shape index (κ3) is 3.09. The van der Waals surface area contributed by atoms with Crippen LogP contribution in [0, 0.1) is 0 Å². The number of hydrogen-bond acceptors (Lipinski definition) is 5. The Hall–Kier alpha value is -2.44. The molecule has 4 rings (SSSR count). The van der Waals surface area contributed by atoms with Crippen molar-refractivity contribution >= 4 is 23.5 Å². The molecule has 0 unspecified atom stereocenters. The fourth-order valence-corrected chi connectivity index (χ4v) is 3.12. The molecular formula is C21H23BN2O3. The molecule has 138 valence electrons. The molecule has 27 heavy (non-hydrogen) atoms. The van der Waals surface area contributed by atoms with E-state index < -0.39 is 7.12 Å². The third-order valence-corrected chi connectivity index (χ3v) is 5.44. The largest absolute Gasteiger partial charge is 0.494 e. The van der Waals surface area contributed by atoms with Crippen molar-refractivity contribution in [3.63, 3.8) is 0 Å². The summed E-state index contributed by atoms with van der Waals surface area (Å²) in [5, 5.41) is 0.859. The fraction of sp³-hybridized carbons (Fsp3) is 0.333. The van der Waals surface area contributed by atoms with E-state index in [9.17, 15) is 0 Å². The van der Waals surface area contributed by atoms with Crippen molar-refractivity contribution in [3.05, 3.63) is 48.5 Å². The highest BCUT2D eigenvalue weighted by atomic mass is 16.7. The lowest BCUT2D eigenvalue weighted by Crippen LogP contribution is -2.41. The summed E-state index contributed by atoms with van der Waals surface area (Å²) in [5.74, 6) is 1.19.